The molecular weight excluding hydrogens is 206 g/mol. The summed E-state index contributed by atoms with van der Waals surface area (Å²) in [5, 5.41) is 11.1. The molecule has 72 valence electrons. The number of halogens is 1. The molecule has 0 saturated carbocycles. The standard InChI is InChI=1S/C8H5N3O2.ClH/c12-11(13)7-1-2-8-6(3-7)4-9-5-10-8;/h1-5H;1H. The number of rotatable bonds is 1. The number of hydrogen-bond acceptors (Lipinski definition) is 4. The smallest absolute Gasteiger partial charge is 0.258 e. The maximum Gasteiger partial charge on any atom is 0.270 e. The number of fused-ring (bicyclic) bond motifs is 1. The van der Waals surface area contributed by atoms with Crippen LogP contribution in [0.15, 0.2) is 30.7 Å². The van der Waals surface area contributed by atoms with E-state index in [1.807, 2.05) is 0 Å². The quantitative estimate of drug-likeness (QED) is 0.534. The molecule has 0 N–H and O–H groups in total. The van der Waals surface area contributed by atoms with Crippen LogP contribution in [0.4, 0.5) is 5.69 Å². The van der Waals surface area contributed by atoms with E-state index in [0.29, 0.717) is 10.9 Å². The van der Waals surface area contributed by atoms with Gasteiger partial charge < -0.3 is 0 Å². The number of non-ortho nitro benzene ring substituents is 1. The predicted molar refractivity (Wildman–Crippen MR) is 53.4 cm³/mol. The molecule has 2 rings (SSSR count). The molecule has 0 atom stereocenters. The molecule has 0 fully saturated rings. The van der Waals surface area contributed by atoms with Crippen LogP contribution in [0.25, 0.3) is 10.9 Å². The highest BCUT2D eigenvalue weighted by Crippen LogP contribution is 2.17. The lowest BCUT2D eigenvalue weighted by molar-refractivity contribution is -0.384. The predicted octanol–water partition coefficient (Wildman–Crippen LogP) is 1.96. The van der Waals surface area contributed by atoms with Gasteiger partial charge >= 0.3 is 0 Å². The Labute approximate surface area is 85.4 Å². The van der Waals surface area contributed by atoms with Crippen LogP contribution in [-0.4, -0.2) is 14.9 Å². The first kappa shape index (κ1) is 10.3. The minimum atomic E-state index is -0.438. The summed E-state index contributed by atoms with van der Waals surface area (Å²) in [6.45, 7) is 0. The van der Waals surface area contributed by atoms with Crippen molar-refractivity contribution >= 4 is 29.0 Å². The molecule has 5 nitrogen and oxygen atoms in total. The summed E-state index contributed by atoms with van der Waals surface area (Å²) in [7, 11) is 0. The lowest BCUT2D eigenvalue weighted by Crippen LogP contribution is -1.88. The average molecular weight is 212 g/mol. The van der Waals surface area contributed by atoms with Gasteiger partial charge in [0.25, 0.3) is 5.69 Å². The van der Waals surface area contributed by atoms with E-state index in [2.05, 4.69) is 9.97 Å². The Hall–Kier alpha value is -1.75. The third-order valence-corrected chi connectivity index (χ3v) is 1.70. The summed E-state index contributed by atoms with van der Waals surface area (Å²) < 4.78 is 0. The van der Waals surface area contributed by atoms with Crippen molar-refractivity contribution in [2.75, 3.05) is 0 Å². The third kappa shape index (κ3) is 1.77. The summed E-state index contributed by atoms with van der Waals surface area (Å²) in [5.74, 6) is 0. The van der Waals surface area contributed by atoms with Crippen molar-refractivity contribution in [3.8, 4) is 0 Å². The van der Waals surface area contributed by atoms with Gasteiger partial charge in [0.15, 0.2) is 0 Å². The number of nitrogens with zero attached hydrogens (tertiary/aromatic N) is 3. The number of benzene rings is 1. The third-order valence-electron chi connectivity index (χ3n) is 1.70. The largest absolute Gasteiger partial charge is 0.270 e. The Morgan fingerprint density at radius 3 is 2.86 bits per heavy atom. The molecule has 0 amide bonds. The van der Waals surface area contributed by atoms with Crippen molar-refractivity contribution in [2.24, 2.45) is 0 Å². The van der Waals surface area contributed by atoms with E-state index in [0.717, 1.165) is 0 Å². The van der Waals surface area contributed by atoms with Gasteiger partial charge in [-0.05, 0) is 6.07 Å². The van der Waals surface area contributed by atoms with Gasteiger partial charge in [-0.3, -0.25) is 10.1 Å². The fourth-order valence-electron chi connectivity index (χ4n) is 1.09. The molecule has 1 heterocycles. The van der Waals surface area contributed by atoms with Crippen LogP contribution < -0.4 is 0 Å². The van der Waals surface area contributed by atoms with Crippen LogP contribution in [0.2, 0.25) is 0 Å². The maximum absolute atomic E-state index is 10.4. The molecule has 0 aliphatic heterocycles. The van der Waals surface area contributed by atoms with Crippen molar-refractivity contribution in [1.82, 2.24) is 9.97 Å². The van der Waals surface area contributed by atoms with Crippen molar-refractivity contribution < 1.29 is 4.92 Å². The second-order valence-electron chi connectivity index (χ2n) is 2.52. The van der Waals surface area contributed by atoms with E-state index in [9.17, 15) is 10.1 Å². The Bertz CT molecular complexity index is 475. The number of nitro benzene ring substituents is 1. The zero-order valence-corrected chi connectivity index (χ0v) is 7.77. The van der Waals surface area contributed by atoms with Crippen LogP contribution in [0, 0.1) is 10.1 Å². The number of aromatic nitrogens is 2. The van der Waals surface area contributed by atoms with E-state index in [-0.39, 0.29) is 18.1 Å². The topological polar surface area (TPSA) is 68.9 Å². The molecule has 0 radical (unpaired) electrons. The van der Waals surface area contributed by atoms with Crippen LogP contribution in [0.5, 0.6) is 0 Å². The molecule has 0 spiro atoms. The van der Waals surface area contributed by atoms with Gasteiger partial charge in [-0.15, -0.1) is 12.4 Å². The van der Waals surface area contributed by atoms with Gasteiger partial charge in [-0.25, -0.2) is 9.97 Å². The monoisotopic (exact) mass is 211 g/mol. The molecule has 0 aliphatic carbocycles. The van der Waals surface area contributed by atoms with E-state index in [1.54, 1.807) is 12.3 Å². The molecule has 1 aromatic heterocycles. The minimum Gasteiger partial charge on any atom is -0.258 e. The van der Waals surface area contributed by atoms with E-state index in [4.69, 9.17) is 0 Å². The molecule has 6 heteroatoms. The van der Waals surface area contributed by atoms with E-state index >= 15 is 0 Å². The Morgan fingerprint density at radius 1 is 1.36 bits per heavy atom. The highest BCUT2D eigenvalue weighted by molar-refractivity contribution is 5.85. The van der Waals surface area contributed by atoms with Crippen molar-refractivity contribution in [1.29, 1.82) is 0 Å². The van der Waals surface area contributed by atoms with Crippen molar-refractivity contribution in [2.45, 2.75) is 0 Å². The first-order valence-electron chi connectivity index (χ1n) is 3.61. The fourth-order valence-corrected chi connectivity index (χ4v) is 1.09. The van der Waals surface area contributed by atoms with Crippen molar-refractivity contribution in [3.63, 3.8) is 0 Å². The lowest BCUT2D eigenvalue weighted by Gasteiger charge is -1.94. The Morgan fingerprint density at radius 2 is 2.14 bits per heavy atom. The zero-order valence-electron chi connectivity index (χ0n) is 6.95. The summed E-state index contributed by atoms with van der Waals surface area (Å²) in [4.78, 5) is 17.7. The van der Waals surface area contributed by atoms with Crippen LogP contribution in [0.3, 0.4) is 0 Å². The second-order valence-corrected chi connectivity index (χ2v) is 2.52. The molecule has 2 aromatic rings. The minimum absolute atomic E-state index is 0. The van der Waals surface area contributed by atoms with Gasteiger partial charge in [0, 0.05) is 23.7 Å². The highest BCUT2D eigenvalue weighted by atomic mass is 35.5. The first-order valence-corrected chi connectivity index (χ1v) is 3.61. The van der Waals surface area contributed by atoms with E-state index in [1.165, 1.54) is 18.5 Å². The molecule has 0 unspecified atom stereocenters. The molecule has 0 saturated heterocycles. The van der Waals surface area contributed by atoms with Crippen LogP contribution in [0.1, 0.15) is 0 Å². The summed E-state index contributed by atoms with van der Waals surface area (Å²) >= 11 is 0. The lowest BCUT2D eigenvalue weighted by atomic mass is 10.2. The first-order chi connectivity index (χ1) is 6.27. The summed E-state index contributed by atoms with van der Waals surface area (Å²) in [5.41, 5.74) is 0.767. The number of hydrogen-bond donors (Lipinski definition) is 0. The van der Waals surface area contributed by atoms with Gasteiger partial charge in [-0.1, -0.05) is 0 Å². The summed E-state index contributed by atoms with van der Waals surface area (Å²) in [6, 6.07) is 4.49. The molecule has 14 heavy (non-hydrogen) atoms. The van der Waals surface area contributed by atoms with Crippen molar-refractivity contribution in [3.05, 3.63) is 40.8 Å². The second kappa shape index (κ2) is 3.97. The molecule has 1 aromatic carbocycles. The SMILES string of the molecule is Cl.O=[N+]([O-])c1ccc2ncncc2c1. The van der Waals surface area contributed by atoms with Gasteiger partial charge in [-0.2, -0.15) is 0 Å². The van der Waals surface area contributed by atoms with Gasteiger partial charge in [0.1, 0.15) is 6.33 Å². The Balaban J connectivity index is 0.000000980. The normalized spacial score (nSPS) is 9.43. The van der Waals surface area contributed by atoms with Gasteiger partial charge in [0.05, 0.1) is 10.4 Å². The Kier molecular flexibility index (Phi) is 2.93. The zero-order chi connectivity index (χ0) is 9.26. The average Bonchev–Trinajstić information content (AvgIpc) is 2.17. The molecule has 0 bridgehead atoms. The fraction of sp³-hybridized carbons (Fsp3) is 0. The molecular formula is C8H6ClN3O2. The summed E-state index contributed by atoms with van der Waals surface area (Å²) in [6.07, 6.45) is 2.96. The van der Waals surface area contributed by atoms with Crippen LogP contribution in [-0.2, 0) is 0 Å². The highest BCUT2D eigenvalue weighted by Gasteiger charge is 2.05. The van der Waals surface area contributed by atoms with Gasteiger partial charge in [0.2, 0.25) is 0 Å². The molecule has 0 aliphatic rings. The number of nitro groups is 1. The van der Waals surface area contributed by atoms with Crippen LogP contribution >= 0.6 is 12.4 Å². The van der Waals surface area contributed by atoms with E-state index < -0.39 is 4.92 Å². The maximum atomic E-state index is 10.4.